The number of amides is 1. The molecule has 2 N–H and O–H groups in total. The van der Waals surface area contributed by atoms with Crippen molar-refractivity contribution in [3.8, 4) is 0 Å². The molecule has 1 rings (SSSR count). The second-order valence-electron chi connectivity index (χ2n) is 4.39. The lowest BCUT2D eigenvalue weighted by Gasteiger charge is -2.18. The first-order chi connectivity index (χ1) is 9.18. The molecular formula is C12H16ClFN2O3S. The van der Waals surface area contributed by atoms with E-state index in [0.29, 0.717) is 6.54 Å². The zero-order valence-corrected chi connectivity index (χ0v) is 12.8. The van der Waals surface area contributed by atoms with E-state index in [1.807, 2.05) is 6.92 Å². The summed E-state index contributed by atoms with van der Waals surface area (Å²) in [6, 6.07) is 1.65. The number of nitrogens with zero attached hydrogens (tertiary/aromatic N) is 1. The molecule has 5 nitrogen and oxygen atoms in total. The summed E-state index contributed by atoms with van der Waals surface area (Å²) in [5.74, 6) is -1.56. The van der Waals surface area contributed by atoms with Crippen LogP contribution in [0.15, 0.2) is 17.0 Å². The summed E-state index contributed by atoms with van der Waals surface area (Å²) in [4.78, 5) is 12.8. The van der Waals surface area contributed by atoms with Crippen molar-refractivity contribution in [2.45, 2.75) is 24.7 Å². The number of unbranched alkanes of at least 4 members (excludes halogenated alkanes) is 1. The van der Waals surface area contributed by atoms with Crippen molar-refractivity contribution >= 4 is 27.5 Å². The van der Waals surface area contributed by atoms with Gasteiger partial charge in [-0.05, 0) is 18.6 Å². The SMILES string of the molecule is CCCCN(C)C(=O)c1cc(S(N)(=O)=O)c(F)cc1Cl. The first kappa shape index (κ1) is 16.9. The summed E-state index contributed by atoms with van der Waals surface area (Å²) >= 11 is 5.80. The van der Waals surface area contributed by atoms with Crippen molar-refractivity contribution in [1.82, 2.24) is 4.90 Å². The Kier molecular flexibility index (Phi) is 5.50. The van der Waals surface area contributed by atoms with Crippen LogP contribution in [0.3, 0.4) is 0 Å². The van der Waals surface area contributed by atoms with Crippen LogP contribution in [0.4, 0.5) is 4.39 Å². The fourth-order valence-electron chi connectivity index (χ4n) is 1.61. The molecule has 0 bridgehead atoms. The predicted molar refractivity (Wildman–Crippen MR) is 74.7 cm³/mol. The van der Waals surface area contributed by atoms with Gasteiger partial charge in [-0.1, -0.05) is 24.9 Å². The van der Waals surface area contributed by atoms with Crippen molar-refractivity contribution in [1.29, 1.82) is 0 Å². The maximum absolute atomic E-state index is 13.5. The largest absolute Gasteiger partial charge is 0.342 e. The van der Waals surface area contributed by atoms with E-state index in [0.717, 1.165) is 25.0 Å². The Morgan fingerprint density at radius 3 is 2.55 bits per heavy atom. The number of carbonyl (C=O) groups excluding carboxylic acids is 1. The molecule has 0 aliphatic carbocycles. The highest BCUT2D eigenvalue weighted by atomic mass is 35.5. The van der Waals surface area contributed by atoms with Crippen LogP contribution in [0.25, 0.3) is 0 Å². The highest BCUT2D eigenvalue weighted by molar-refractivity contribution is 7.89. The molecular weight excluding hydrogens is 307 g/mol. The van der Waals surface area contributed by atoms with Crippen molar-refractivity contribution in [3.63, 3.8) is 0 Å². The monoisotopic (exact) mass is 322 g/mol. The normalized spacial score (nSPS) is 11.4. The third-order valence-electron chi connectivity index (χ3n) is 2.75. The van der Waals surface area contributed by atoms with Gasteiger partial charge in [-0.3, -0.25) is 4.79 Å². The number of halogens is 2. The van der Waals surface area contributed by atoms with Crippen LogP contribution >= 0.6 is 11.6 Å². The van der Waals surface area contributed by atoms with Gasteiger partial charge in [0.2, 0.25) is 10.0 Å². The standard InChI is InChI=1S/C12H16ClFN2O3S/c1-3-4-5-16(2)12(17)8-6-11(20(15,18)19)10(14)7-9(8)13/h6-7H,3-5H2,1-2H3,(H2,15,18,19). The molecule has 0 atom stereocenters. The average molecular weight is 323 g/mol. The van der Waals surface area contributed by atoms with Crippen LogP contribution < -0.4 is 5.14 Å². The number of hydrogen-bond donors (Lipinski definition) is 1. The van der Waals surface area contributed by atoms with E-state index in [1.54, 1.807) is 7.05 Å². The number of sulfonamides is 1. The van der Waals surface area contributed by atoms with Gasteiger partial charge in [0.05, 0.1) is 10.6 Å². The maximum Gasteiger partial charge on any atom is 0.255 e. The second kappa shape index (κ2) is 6.51. The van der Waals surface area contributed by atoms with Gasteiger partial charge in [-0.25, -0.2) is 17.9 Å². The van der Waals surface area contributed by atoms with Gasteiger partial charge in [0, 0.05) is 13.6 Å². The van der Waals surface area contributed by atoms with Gasteiger partial charge in [-0.2, -0.15) is 0 Å². The first-order valence-corrected chi connectivity index (χ1v) is 7.88. The number of hydrogen-bond acceptors (Lipinski definition) is 3. The van der Waals surface area contributed by atoms with Crippen molar-refractivity contribution in [3.05, 3.63) is 28.5 Å². The molecule has 20 heavy (non-hydrogen) atoms. The van der Waals surface area contributed by atoms with Gasteiger partial charge in [-0.15, -0.1) is 0 Å². The molecule has 112 valence electrons. The summed E-state index contributed by atoms with van der Waals surface area (Å²) < 4.78 is 36.0. The number of carbonyl (C=O) groups is 1. The third kappa shape index (κ3) is 3.91. The summed E-state index contributed by atoms with van der Waals surface area (Å²) in [6.45, 7) is 2.47. The molecule has 0 unspecified atom stereocenters. The Morgan fingerprint density at radius 2 is 2.05 bits per heavy atom. The zero-order chi connectivity index (χ0) is 15.5. The molecule has 0 spiro atoms. The minimum Gasteiger partial charge on any atom is -0.342 e. The van der Waals surface area contributed by atoms with Crippen molar-refractivity contribution in [2.24, 2.45) is 5.14 Å². The van der Waals surface area contributed by atoms with Crippen molar-refractivity contribution < 1.29 is 17.6 Å². The summed E-state index contributed by atoms with van der Waals surface area (Å²) in [7, 11) is -2.69. The zero-order valence-electron chi connectivity index (χ0n) is 11.2. The van der Waals surface area contributed by atoms with E-state index in [-0.39, 0.29) is 10.6 Å². The van der Waals surface area contributed by atoms with Crippen molar-refractivity contribution in [2.75, 3.05) is 13.6 Å². The molecule has 1 aromatic carbocycles. The Hall–Kier alpha value is -1.18. The van der Waals surface area contributed by atoms with Gasteiger partial charge in [0.15, 0.2) is 0 Å². The van der Waals surface area contributed by atoms with Gasteiger partial charge >= 0.3 is 0 Å². The Labute approximate surface area is 122 Å². The molecule has 0 aromatic heterocycles. The van der Waals surface area contributed by atoms with Crippen LogP contribution in [0, 0.1) is 5.82 Å². The topological polar surface area (TPSA) is 80.5 Å². The number of primary sulfonamides is 1. The molecule has 0 saturated heterocycles. The molecule has 1 aromatic rings. The maximum atomic E-state index is 13.5. The van der Waals surface area contributed by atoms with Crippen LogP contribution in [-0.2, 0) is 10.0 Å². The molecule has 8 heteroatoms. The molecule has 0 aliphatic rings. The van der Waals surface area contributed by atoms with E-state index < -0.39 is 26.6 Å². The number of benzene rings is 1. The smallest absolute Gasteiger partial charge is 0.255 e. The van der Waals surface area contributed by atoms with Crippen LogP contribution in [0.1, 0.15) is 30.1 Å². The molecule has 0 fully saturated rings. The lowest BCUT2D eigenvalue weighted by molar-refractivity contribution is 0.0793. The lowest BCUT2D eigenvalue weighted by Crippen LogP contribution is -2.28. The lowest BCUT2D eigenvalue weighted by atomic mass is 10.2. The molecule has 1 amide bonds. The molecule has 0 aliphatic heterocycles. The summed E-state index contributed by atoms with van der Waals surface area (Å²) in [5, 5.41) is 4.75. The minimum atomic E-state index is -4.25. The van der Waals surface area contributed by atoms with E-state index >= 15 is 0 Å². The number of rotatable bonds is 5. The first-order valence-electron chi connectivity index (χ1n) is 5.95. The average Bonchev–Trinajstić information content (AvgIpc) is 2.33. The quantitative estimate of drug-likeness (QED) is 0.900. The Bertz CT molecular complexity index is 619. The van der Waals surface area contributed by atoms with Gasteiger partial charge in [0.25, 0.3) is 5.91 Å². The second-order valence-corrected chi connectivity index (χ2v) is 6.32. The fraction of sp³-hybridized carbons (Fsp3) is 0.417. The Morgan fingerprint density at radius 1 is 1.45 bits per heavy atom. The van der Waals surface area contributed by atoms with Crippen LogP contribution in [-0.4, -0.2) is 32.8 Å². The van der Waals surface area contributed by atoms with Crippen LogP contribution in [0.2, 0.25) is 5.02 Å². The van der Waals surface area contributed by atoms with Gasteiger partial charge < -0.3 is 4.90 Å². The molecule has 0 heterocycles. The van der Waals surface area contributed by atoms with E-state index in [4.69, 9.17) is 16.7 Å². The fourth-order valence-corrected chi connectivity index (χ4v) is 2.46. The van der Waals surface area contributed by atoms with E-state index in [9.17, 15) is 17.6 Å². The predicted octanol–water partition coefficient (Wildman–Crippen LogP) is 2.00. The highest BCUT2D eigenvalue weighted by Gasteiger charge is 2.22. The molecule has 0 saturated carbocycles. The van der Waals surface area contributed by atoms with Gasteiger partial charge in [0.1, 0.15) is 10.7 Å². The Balaban J connectivity index is 3.22. The van der Waals surface area contributed by atoms with E-state index in [2.05, 4.69) is 0 Å². The van der Waals surface area contributed by atoms with Crippen LogP contribution in [0.5, 0.6) is 0 Å². The molecule has 0 radical (unpaired) electrons. The summed E-state index contributed by atoms with van der Waals surface area (Å²) in [5.41, 5.74) is -0.0873. The minimum absolute atomic E-state index is 0.0873. The van der Waals surface area contributed by atoms with E-state index in [1.165, 1.54) is 4.90 Å². The number of nitrogens with two attached hydrogens (primary N) is 1. The highest BCUT2D eigenvalue weighted by Crippen LogP contribution is 2.24. The third-order valence-corrected chi connectivity index (χ3v) is 3.99. The summed E-state index contributed by atoms with van der Waals surface area (Å²) in [6.07, 6.45) is 1.69.